The summed E-state index contributed by atoms with van der Waals surface area (Å²) < 4.78 is 15.3. The molecule has 69 heavy (non-hydrogen) atoms. The van der Waals surface area contributed by atoms with Crippen molar-refractivity contribution in [3.8, 4) is 22.4 Å². The summed E-state index contributed by atoms with van der Waals surface area (Å²) in [5, 5.41) is 2.61. The lowest BCUT2D eigenvalue weighted by Gasteiger charge is -2.43. The van der Waals surface area contributed by atoms with Gasteiger partial charge in [-0.25, -0.2) is 5.43 Å². The zero-order valence-electron chi connectivity index (χ0n) is 41.7. The van der Waals surface area contributed by atoms with Crippen molar-refractivity contribution in [2.24, 2.45) is 23.2 Å². The van der Waals surface area contributed by atoms with E-state index in [1.165, 1.54) is 21.5 Å². The van der Waals surface area contributed by atoms with Crippen LogP contribution in [0.2, 0.25) is 0 Å². The molecule has 4 aliphatic heterocycles. The van der Waals surface area contributed by atoms with E-state index in [1.54, 1.807) is 19.1 Å². The maximum absolute atomic E-state index is 14.9. The van der Waals surface area contributed by atoms with Crippen molar-refractivity contribution >= 4 is 40.4 Å². The summed E-state index contributed by atoms with van der Waals surface area (Å²) in [6.07, 6.45) is 3.43. The number of likely N-dealkylation sites (tertiary alicyclic amines) is 1. The third-order valence-corrected chi connectivity index (χ3v) is 15.7. The highest BCUT2D eigenvalue weighted by Gasteiger charge is 2.48. The second-order valence-electron chi connectivity index (χ2n) is 21.2. The topological polar surface area (TPSA) is 147 Å². The number of cyclic esters (lactones) is 1. The molecule has 5 aliphatic rings. The second kappa shape index (κ2) is 19.2. The van der Waals surface area contributed by atoms with Crippen LogP contribution in [0.1, 0.15) is 100 Å². The van der Waals surface area contributed by atoms with Crippen molar-refractivity contribution in [1.82, 2.24) is 34.7 Å². The van der Waals surface area contributed by atoms with E-state index in [2.05, 4.69) is 85.7 Å². The van der Waals surface area contributed by atoms with Gasteiger partial charge in [-0.15, -0.1) is 0 Å². The number of esters is 1. The lowest BCUT2D eigenvalue weighted by atomic mass is 9.67. The molecule has 2 unspecified atom stereocenters. The highest BCUT2D eigenvalue weighted by Crippen LogP contribution is 2.57. The molecule has 6 atom stereocenters. The van der Waals surface area contributed by atoms with E-state index < -0.39 is 41.4 Å². The van der Waals surface area contributed by atoms with Crippen LogP contribution in [0.25, 0.3) is 33.3 Å². The van der Waals surface area contributed by atoms with Crippen LogP contribution in [-0.4, -0.2) is 125 Å². The number of hydrogen-bond acceptors (Lipinski definition) is 10. The summed E-state index contributed by atoms with van der Waals surface area (Å²) in [6, 6.07) is 15.7. The van der Waals surface area contributed by atoms with Gasteiger partial charge in [0.25, 0.3) is 0 Å². The van der Waals surface area contributed by atoms with E-state index in [-0.39, 0.29) is 61.3 Å². The van der Waals surface area contributed by atoms with E-state index in [0.717, 1.165) is 81.9 Å². The van der Waals surface area contributed by atoms with Crippen LogP contribution in [0.4, 0.5) is 0 Å². The summed E-state index contributed by atoms with van der Waals surface area (Å²) in [7, 11) is 5.55. The highest BCUT2D eigenvalue weighted by molar-refractivity contribution is 5.97. The van der Waals surface area contributed by atoms with Gasteiger partial charge in [0.1, 0.15) is 12.1 Å². The monoisotopic (exact) mass is 940 g/mol. The quantitative estimate of drug-likeness (QED) is 0.139. The predicted octanol–water partition coefficient (Wildman–Crippen LogP) is 6.88. The molecule has 0 radical (unpaired) electrons. The number of hydrogen-bond donors (Lipinski definition) is 1. The van der Waals surface area contributed by atoms with Crippen LogP contribution >= 0.6 is 0 Å². The smallest absolute Gasteiger partial charge is 0.324 e. The Morgan fingerprint density at radius 3 is 2.58 bits per heavy atom. The van der Waals surface area contributed by atoms with Crippen LogP contribution in [0.15, 0.2) is 61.2 Å². The Kier molecular flexibility index (Phi) is 13.5. The fourth-order valence-corrected chi connectivity index (χ4v) is 12.2. The molecule has 1 aliphatic carbocycles. The molecular formula is C55H69N7O7. The first kappa shape index (κ1) is 48.3. The number of aromatic nitrogens is 2. The van der Waals surface area contributed by atoms with E-state index in [9.17, 15) is 24.0 Å². The Hall–Kier alpha value is -5.70. The molecular weight excluding hydrogens is 871 g/mol. The number of Topliss-reactive ketones (excluding diaryl/α,β-unsaturated/α-hetero) is 1. The number of nitrogens with zero attached hydrogens (tertiary/aromatic N) is 6. The number of benzene rings is 2. The third-order valence-electron chi connectivity index (χ3n) is 15.7. The van der Waals surface area contributed by atoms with Gasteiger partial charge in [0.05, 0.1) is 41.6 Å². The summed E-state index contributed by atoms with van der Waals surface area (Å²) in [5.41, 5.74) is 13.2. The molecule has 366 valence electrons. The van der Waals surface area contributed by atoms with Crippen molar-refractivity contribution in [3.63, 3.8) is 0 Å². The minimum absolute atomic E-state index is 0.0921. The average molecular weight is 940 g/mol. The number of ketones is 1. The van der Waals surface area contributed by atoms with Crippen LogP contribution in [-0.2, 0) is 59.4 Å². The minimum atomic E-state index is -0.801. The van der Waals surface area contributed by atoms with E-state index in [4.69, 9.17) is 14.5 Å². The van der Waals surface area contributed by atoms with Crippen molar-refractivity contribution < 1.29 is 33.4 Å². The molecule has 2 saturated heterocycles. The average Bonchev–Trinajstić information content (AvgIpc) is 3.97. The van der Waals surface area contributed by atoms with Gasteiger partial charge in [-0.2, -0.15) is 0 Å². The van der Waals surface area contributed by atoms with E-state index in [0.29, 0.717) is 32.4 Å². The molecule has 14 nitrogen and oxygen atoms in total. The first-order chi connectivity index (χ1) is 33.0. The van der Waals surface area contributed by atoms with Crippen LogP contribution in [0, 0.1) is 23.2 Å². The standard InChI is InChI=1S/C55H69N7O7/c1-10-45(64)60-23-20-37(29-60)52(65)59(8)49(32(3)4)44(63)28-38-25-33-14-12-15-34(24-33)35-17-18-43-39(26-35)46-47(55(5,6)31-69-54(67)41-16-13-21-62(57-41)53(38)66)51(68-9)48-40(50(46)61(43)11-2)27-36-19-22-58(7)30-42(36)56-48/h10,12,14-15,17-18,24,26-27,32,37-38,41,47,49,51,57H,1,11,13,16,19-23,25,28-31H2,2-9H3/t37-,38?,41-,47?,49-,51-/m0/s1. The van der Waals surface area contributed by atoms with Gasteiger partial charge in [0.15, 0.2) is 5.78 Å². The van der Waals surface area contributed by atoms with Gasteiger partial charge in [-0.1, -0.05) is 64.6 Å². The summed E-state index contributed by atoms with van der Waals surface area (Å²) in [4.78, 5) is 81.1. The number of aryl methyl sites for hydroxylation is 1. The Bertz CT molecular complexity index is 2710. The Morgan fingerprint density at radius 1 is 1.06 bits per heavy atom. The zero-order valence-corrected chi connectivity index (χ0v) is 41.7. The summed E-state index contributed by atoms with van der Waals surface area (Å²) >= 11 is 0. The maximum Gasteiger partial charge on any atom is 0.324 e. The fraction of sp³-hybridized carbons (Fsp3) is 0.527. The molecule has 9 rings (SSSR count). The highest BCUT2D eigenvalue weighted by atomic mass is 16.5. The van der Waals surface area contributed by atoms with Crippen LogP contribution in [0.3, 0.4) is 0 Å². The number of likely N-dealkylation sites (N-methyl/N-ethyl adjacent to an activating group) is 2. The van der Waals surface area contributed by atoms with Crippen molar-refractivity contribution in [3.05, 3.63) is 89.3 Å². The van der Waals surface area contributed by atoms with Crippen molar-refractivity contribution in [2.75, 3.05) is 54.0 Å². The molecule has 2 aromatic heterocycles. The molecule has 14 heteroatoms. The predicted molar refractivity (Wildman–Crippen MR) is 265 cm³/mol. The number of rotatable bonds is 9. The van der Waals surface area contributed by atoms with E-state index >= 15 is 0 Å². The third kappa shape index (κ3) is 8.93. The van der Waals surface area contributed by atoms with Gasteiger partial charge < -0.3 is 28.7 Å². The van der Waals surface area contributed by atoms with Crippen LogP contribution in [0.5, 0.6) is 0 Å². The largest absolute Gasteiger partial charge is 0.464 e. The Labute approximate surface area is 406 Å². The molecule has 4 aromatic rings. The van der Waals surface area contributed by atoms with E-state index in [1.807, 2.05) is 26.0 Å². The number of fused-ring (bicyclic) bond motifs is 9. The van der Waals surface area contributed by atoms with Crippen molar-refractivity contribution in [2.45, 2.75) is 110 Å². The lowest BCUT2D eigenvalue weighted by molar-refractivity contribution is -0.157. The number of hydrazine groups is 1. The SMILES string of the molecule is C=CC(=O)N1CC[C@H](C(=O)N(C)[C@H](C(=O)CC2Cc3cccc(c3)-c3ccc4c(c3)c3c(n4CC)-c4cc5c(nc4[C@@H](OC)C3C(C)(C)COC(=O)[C@@H]3CCCN(N3)C2=O)CN(C)CC5)C(C)C)C1. The number of ether oxygens (including phenoxy) is 2. The summed E-state index contributed by atoms with van der Waals surface area (Å²) in [5.74, 6) is -3.10. The molecule has 0 spiro atoms. The minimum Gasteiger partial charge on any atom is -0.464 e. The number of methoxy groups -OCH3 is 1. The maximum atomic E-state index is 14.9. The molecule has 2 aromatic carbocycles. The Morgan fingerprint density at radius 2 is 1.84 bits per heavy atom. The molecule has 6 heterocycles. The first-order valence-electron chi connectivity index (χ1n) is 25.0. The zero-order chi connectivity index (χ0) is 49.1. The van der Waals surface area contributed by atoms with Gasteiger partial charge in [-0.3, -0.25) is 34.0 Å². The van der Waals surface area contributed by atoms with Gasteiger partial charge in [-0.05, 0) is 104 Å². The van der Waals surface area contributed by atoms with Crippen molar-refractivity contribution in [1.29, 1.82) is 0 Å². The molecule has 1 N–H and O–H groups in total. The normalized spacial score (nSPS) is 24.0. The number of pyridine rings is 1. The van der Waals surface area contributed by atoms with Crippen LogP contribution < -0.4 is 5.43 Å². The first-order valence-corrected chi connectivity index (χ1v) is 25.0. The lowest BCUT2D eigenvalue weighted by Crippen LogP contribution is -2.57. The molecule has 0 saturated carbocycles. The number of carbonyl (C=O) groups excluding carboxylic acids is 5. The van der Waals surface area contributed by atoms with Gasteiger partial charge >= 0.3 is 5.97 Å². The fourth-order valence-electron chi connectivity index (χ4n) is 12.2. The Balaban J connectivity index is 1.13. The number of amides is 3. The number of nitrogens with one attached hydrogen (secondary N) is 1. The van der Waals surface area contributed by atoms with Gasteiger partial charge in [0, 0.05) is 87.6 Å². The molecule has 6 bridgehead atoms. The molecule has 2 fully saturated rings. The van der Waals surface area contributed by atoms with Gasteiger partial charge in [0.2, 0.25) is 17.7 Å². The second-order valence-corrected chi connectivity index (χ2v) is 21.2. The molecule has 3 amide bonds. The number of carbonyl (C=O) groups is 5. The summed E-state index contributed by atoms with van der Waals surface area (Å²) in [6.45, 7) is 17.5.